The summed E-state index contributed by atoms with van der Waals surface area (Å²) in [5.74, 6) is -1.87. The van der Waals surface area contributed by atoms with E-state index in [1.165, 1.54) is 24.8 Å². The second kappa shape index (κ2) is 9.47. The summed E-state index contributed by atoms with van der Waals surface area (Å²) in [6.07, 6.45) is 9.51. The second-order valence-electron chi connectivity index (χ2n) is 8.00. The molecule has 4 heteroatoms. The van der Waals surface area contributed by atoms with Gasteiger partial charge in [0.15, 0.2) is 11.6 Å². The van der Waals surface area contributed by atoms with E-state index in [1.807, 2.05) is 13.0 Å². The molecule has 0 bridgehead atoms. The van der Waals surface area contributed by atoms with Crippen molar-refractivity contribution in [1.82, 2.24) is 0 Å². The Morgan fingerprint density at radius 1 is 0.844 bits per heavy atom. The van der Waals surface area contributed by atoms with E-state index in [9.17, 15) is 13.2 Å². The number of benzene rings is 3. The van der Waals surface area contributed by atoms with Gasteiger partial charge in [-0.25, -0.2) is 8.78 Å². The Morgan fingerprint density at radius 2 is 1.50 bits per heavy atom. The number of halogens is 3. The minimum absolute atomic E-state index is 0.131. The van der Waals surface area contributed by atoms with Crippen LogP contribution < -0.4 is 4.74 Å². The third-order valence-corrected chi connectivity index (χ3v) is 6.03. The van der Waals surface area contributed by atoms with Crippen LogP contribution in [0.4, 0.5) is 13.2 Å². The average Bonchev–Trinajstić information content (AvgIpc) is 2.82. The third-order valence-electron chi connectivity index (χ3n) is 6.03. The van der Waals surface area contributed by atoms with Crippen LogP contribution in [0.5, 0.6) is 5.75 Å². The summed E-state index contributed by atoms with van der Waals surface area (Å²) in [5.41, 5.74) is 3.89. The van der Waals surface area contributed by atoms with E-state index in [-0.39, 0.29) is 17.1 Å². The van der Waals surface area contributed by atoms with Crippen LogP contribution in [0.3, 0.4) is 0 Å². The fraction of sp³-hybridized carbons (Fsp3) is 0.214. The zero-order valence-corrected chi connectivity index (χ0v) is 18.2. The first-order valence-corrected chi connectivity index (χ1v) is 10.8. The van der Waals surface area contributed by atoms with Crippen LogP contribution >= 0.6 is 0 Å². The smallest absolute Gasteiger partial charge is 0.201 e. The summed E-state index contributed by atoms with van der Waals surface area (Å²) in [7, 11) is 1.29. The Kier molecular flexibility index (Phi) is 6.50. The van der Waals surface area contributed by atoms with E-state index in [0.717, 1.165) is 24.8 Å². The van der Waals surface area contributed by atoms with Gasteiger partial charge >= 0.3 is 0 Å². The van der Waals surface area contributed by atoms with Gasteiger partial charge in [-0.2, -0.15) is 4.39 Å². The Hall–Kier alpha value is -3.27. The summed E-state index contributed by atoms with van der Waals surface area (Å²) in [6.45, 7) is 2.03. The summed E-state index contributed by atoms with van der Waals surface area (Å²) in [4.78, 5) is 0. The highest BCUT2D eigenvalue weighted by Crippen LogP contribution is 2.35. The van der Waals surface area contributed by atoms with Crippen LogP contribution in [0.15, 0.2) is 72.8 Å². The highest BCUT2D eigenvalue weighted by Gasteiger charge is 2.17. The largest absolute Gasteiger partial charge is 0.494 e. The molecule has 164 valence electrons. The summed E-state index contributed by atoms with van der Waals surface area (Å²) in [6, 6.07) is 15.0. The van der Waals surface area contributed by atoms with Gasteiger partial charge in [-0.3, -0.25) is 0 Å². The molecule has 0 N–H and O–H groups in total. The monoisotopic (exact) mass is 434 g/mol. The topological polar surface area (TPSA) is 9.23 Å². The van der Waals surface area contributed by atoms with Gasteiger partial charge < -0.3 is 4.74 Å². The SMILES string of the molecule is CC=CC1CC=C(c2ccc(-c3ccc(-c4ccc(OC)c(F)c4F)cc3)c(F)c2)CC1. The van der Waals surface area contributed by atoms with Crippen LogP contribution in [-0.4, -0.2) is 7.11 Å². The number of methoxy groups -OCH3 is 1. The molecule has 1 nitrogen and oxygen atoms in total. The van der Waals surface area contributed by atoms with Crippen molar-refractivity contribution in [1.29, 1.82) is 0 Å². The molecule has 1 aliphatic rings. The van der Waals surface area contributed by atoms with Crippen molar-refractivity contribution in [3.63, 3.8) is 0 Å². The zero-order valence-electron chi connectivity index (χ0n) is 18.2. The number of allylic oxidation sites excluding steroid dienone is 4. The molecule has 0 spiro atoms. The van der Waals surface area contributed by atoms with E-state index in [0.29, 0.717) is 22.6 Å². The van der Waals surface area contributed by atoms with Crippen LogP contribution in [0.25, 0.3) is 27.8 Å². The maximum atomic E-state index is 15.0. The normalized spacial score (nSPS) is 16.3. The minimum atomic E-state index is -1.02. The molecule has 0 amide bonds. The van der Waals surface area contributed by atoms with Crippen molar-refractivity contribution < 1.29 is 17.9 Å². The lowest BCUT2D eigenvalue weighted by molar-refractivity contribution is 0.372. The molecule has 1 atom stereocenters. The maximum absolute atomic E-state index is 15.0. The molecule has 4 rings (SSSR count). The van der Waals surface area contributed by atoms with Crippen LogP contribution in [0, 0.1) is 23.4 Å². The van der Waals surface area contributed by atoms with E-state index in [1.54, 1.807) is 36.4 Å². The molecule has 0 aromatic heterocycles. The van der Waals surface area contributed by atoms with Crippen LogP contribution in [0.2, 0.25) is 0 Å². The average molecular weight is 435 g/mol. The number of hydrogen-bond donors (Lipinski definition) is 0. The van der Waals surface area contributed by atoms with E-state index in [4.69, 9.17) is 4.74 Å². The Morgan fingerprint density at radius 3 is 2.09 bits per heavy atom. The standard InChI is InChI=1S/C28H25F3O/c1-3-4-18-5-7-19(8-6-18)22-13-14-23(25(29)17-22)20-9-11-21(12-10-20)24-15-16-26(32-2)28(31)27(24)30/h3-4,7,9-18H,5-6,8H2,1-2H3. The zero-order chi connectivity index (χ0) is 22.7. The number of hydrogen-bond acceptors (Lipinski definition) is 1. The third kappa shape index (κ3) is 4.36. The van der Waals surface area contributed by atoms with Crippen LogP contribution in [-0.2, 0) is 0 Å². The predicted octanol–water partition coefficient (Wildman–Crippen LogP) is 8.21. The van der Waals surface area contributed by atoms with Gasteiger partial charge in [0.1, 0.15) is 5.82 Å². The van der Waals surface area contributed by atoms with Gasteiger partial charge in [-0.1, -0.05) is 54.6 Å². The molecule has 1 aliphatic carbocycles. The first kappa shape index (κ1) is 21.9. The van der Waals surface area contributed by atoms with Crippen molar-refractivity contribution in [3.8, 4) is 28.0 Å². The van der Waals surface area contributed by atoms with Crippen molar-refractivity contribution in [2.45, 2.75) is 26.2 Å². The molecule has 0 saturated carbocycles. The quantitative estimate of drug-likeness (QED) is 0.368. The van der Waals surface area contributed by atoms with Gasteiger partial charge in [-0.05, 0) is 72.6 Å². The molecular formula is C28H25F3O. The molecule has 0 heterocycles. The Labute approximate surface area is 186 Å². The lowest BCUT2D eigenvalue weighted by atomic mass is 9.86. The second-order valence-corrected chi connectivity index (χ2v) is 8.00. The lowest BCUT2D eigenvalue weighted by Gasteiger charge is -2.20. The van der Waals surface area contributed by atoms with E-state index < -0.39 is 11.6 Å². The molecule has 0 saturated heterocycles. The predicted molar refractivity (Wildman–Crippen MR) is 124 cm³/mol. The Balaban J connectivity index is 1.57. The highest BCUT2D eigenvalue weighted by atomic mass is 19.2. The van der Waals surface area contributed by atoms with Crippen molar-refractivity contribution in [2.24, 2.45) is 5.92 Å². The van der Waals surface area contributed by atoms with E-state index >= 15 is 0 Å². The van der Waals surface area contributed by atoms with Gasteiger partial charge in [-0.15, -0.1) is 0 Å². The molecule has 1 unspecified atom stereocenters. The fourth-order valence-corrected chi connectivity index (χ4v) is 4.25. The molecule has 32 heavy (non-hydrogen) atoms. The van der Waals surface area contributed by atoms with Crippen molar-refractivity contribution in [2.75, 3.05) is 7.11 Å². The summed E-state index contributed by atoms with van der Waals surface area (Å²) >= 11 is 0. The van der Waals surface area contributed by atoms with Gasteiger partial charge in [0.05, 0.1) is 7.11 Å². The van der Waals surface area contributed by atoms with Crippen LogP contribution in [0.1, 0.15) is 31.7 Å². The molecule has 0 radical (unpaired) electrons. The summed E-state index contributed by atoms with van der Waals surface area (Å²) in [5, 5.41) is 0. The number of rotatable bonds is 5. The molecular weight excluding hydrogens is 409 g/mol. The first-order valence-electron chi connectivity index (χ1n) is 10.8. The first-order chi connectivity index (χ1) is 15.5. The lowest BCUT2D eigenvalue weighted by Crippen LogP contribution is -2.02. The van der Waals surface area contributed by atoms with Crippen molar-refractivity contribution >= 4 is 5.57 Å². The van der Waals surface area contributed by atoms with E-state index in [2.05, 4.69) is 18.2 Å². The maximum Gasteiger partial charge on any atom is 0.201 e. The van der Waals surface area contributed by atoms with Crippen molar-refractivity contribution in [3.05, 3.63) is 95.8 Å². The minimum Gasteiger partial charge on any atom is -0.494 e. The van der Waals surface area contributed by atoms with Gasteiger partial charge in [0.25, 0.3) is 0 Å². The fourth-order valence-electron chi connectivity index (χ4n) is 4.25. The number of ether oxygens (including phenoxy) is 1. The Bertz CT molecular complexity index is 1180. The summed E-state index contributed by atoms with van der Waals surface area (Å²) < 4.78 is 48.2. The molecule has 3 aromatic rings. The molecule has 0 fully saturated rings. The van der Waals surface area contributed by atoms with Gasteiger partial charge in [0.2, 0.25) is 5.82 Å². The van der Waals surface area contributed by atoms with Gasteiger partial charge in [0, 0.05) is 11.1 Å². The molecule has 3 aromatic carbocycles. The molecule has 0 aliphatic heterocycles. The highest BCUT2D eigenvalue weighted by molar-refractivity contribution is 5.74.